The molecule has 1 aromatic carbocycles. The van der Waals surface area contributed by atoms with E-state index in [-0.39, 0.29) is 0 Å². The lowest BCUT2D eigenvalue weighted by Crippen LogP contribution is -2.51. The van der Waals surface area contributed by atoms with Gasteiger partial charge in [-0.1, -0.05) is 31.5 Å². The Bertz CT molecular complexity index is 780. The Morgan fingerprint density at radius 2 is 1.87 bits per heavy atom. The molecule has 0 bridgehead atoms. The van der Waals surface area contributed by atoms with E-state index in [1.165, 1.54) is 4.90 Å². The maximum atomic E-state index is 12.8. The van der Waals surface area contributed by atoms with Crippen LogP contribution in [0.4, 0.5) is 5.69 Å². The summed E-state index contributed by atoms with van der Waals surface area (Å²) in [6, 6.07) is 11.5. The number of carbonyl (C=O) groups excluding carboxylic acids is 2. The van der Waals surface area contributed by atoms with E-state index in [0.717, 1.165) is 29.0 Å². The van der Waals surface area contributed by atoms with E-state index in [1.807, 2.05) is 55.7 Å². The lowest BCUT2D eigenvalue weighted by atomic mass is 10.1. The normalized spacial score (nSPS) is 12.8. The molecule has 0 aliphatic rings. The molecule has 0 fully saturated rings. The van der Waals surface area contributed by atoms with Crippen LogP contribution >= 0.6 is 11.3 Å². The van der Waals surface area contributed by atoms with Crippen LogP contribution in [0.2, 0.25) is 0 Å². The first-order valence-electron chi connectivity index (χ1n) is 10.2. The molecule has 0 aliphatic carbocycles. The van der Waals surface area contributed by atoms with E-state index < -0.39 is 24.0 Å². The molecular weight excluding hydrogens is 402 g/mol. The molecule has 0 radical (unpaired) electrons. The summed E-state index contributed by atoms with van der Waals surface area (Å²) >= 11 is 1.58. The molecule has 7 nitrogen and oxygen atoms in total. The van der Waals surface area contributed by atoms with Gasteiger partial charge >= 0.3 is 0 Å². The summed E-state index contributed by atoms with van der Waals surface area (Å²) in [5.74, 6) is -1.40. The lowest BCUT2D eigenvalue weighted by molar-refractivity contribution is -0.153. The molecule has 0 saturated carbocycles. The summed E-state index contributed by atoms with van der Waals surface area (Å²) in [6.07, 6.45) is -1.34. The van der Waals surface area contributed by atoms with E-state index >= 15 is 0 Å². The van der Waals surface area contributed by atoms with Gasteiger partial charge in [0, 0.05) is 37.2 Å². The van der Waals surface area contributed by atoms with Crippen molar-refractivity contribution in [3.8, 4) is 0 Å². The number of rotatable bonds is 12. The minimum Gasteiger partial charge on any atom is -0.388 e. The number of anilines is 1. The van der Waals surface area contributed by atoms with Gasteiger partial charge < -0.3 is 25.7 Å². The van der Waals surface area contributed by atoms with Crippen molar-refractivity contribution < 1.29 is 19.8 Å². The molecule has 2 aromatic rings. The van der Waals surface area contributed by atoms with Crippen molar-refractivity contribution in [2.75, 3.05) is 25.5 Å². The maximum Gasteiger partial charge on any atom is 0.254 e. The van der Waals surface area contributed by atoms with Crippen molar-refractivity contribution in [2.45, 2.75) is 44.9 Å². The molecular formula is C22H31N3O4S. The lowest BCUT2D eigenvalue weighted by Gasteiger charge is -2.27. The minimum absolute atomic E-state index is 0.298. The van der Waals surface area contributed by atoms with Crippen LogP contribution in [0.5, 0.6) is 0 Å². The zero-order valence-electron chi connectivity index (χ0n) is 17.5. The molecule has 164 valence electrons. The fourth-order valence-electron chi connectivity index (χ4n) is 2.95. The highest BCUT2D eigenvalue weighted by molar-refractivity contribution is 7.09. The first-order valence-corrected chi connectivity index (χ1v) is 11.1. The predicted molar refractivity (Wildman–Crippen MR) is 119 cm³/mol. The zero-order valence-corrected chi connectivity index (χ0v) is 18.3. The van der Waals surface area contributed by atoms with Crippen LogP contribution in [0.25, 0.3) is 0 Å². The summed E-state index contributed by atoms with van der Waals surface area (Å²) in [5, 5.41) is 28.1. The number of hydrogen-bond donors (Lipinski definition) is 4. The Morgan fingerprint density at radius 3 is 2.47 bits per heavy atom. The van der Waals surface area contributed by atoms with Gasteiger partial charge in [-0.05, 0) is 42.0 Å². The van der Waals surface area contributed by atoms with Crippen molar-refractivity contribution in [1.29, 1.82) is 0 Å². The van der Waals surface area contributed by atoms with Crippen LogP contribution in [0, 0.1) is 0 Å². The van der Waals surface area contributed by atoms with E-state index in [1.54, 1.807) is 11.3 Å². The van der Waals surface area contributed by atoms with Crippen LogP contribution in [0.1, 0.15) is 30.2 Å². The Hall–Kier alpha value is -2.42. The second-order valence-corrected chi connectivity index (χ2v) is 8.10. The Kier molecular flexibility index (Phi) is 9.79. The Labute approximate surface area is 181 Å². The van der Waals surface area contributed by atoms with Gasteiger partial charge in [-0.3, -0.25) is 9.59 Å². The van der Waals surface area contributed by atoms with E-state index in [0.29, 0.717) is 26.1 Å². The van der Waals surface area contributed by atoms with Crippen LogP contribution in [0.3, 0.4) is 0 Å². The highest BCUT2D eigenvalue weighted by atomic mass is 32.1. The summed E-state index contributed by atoms with van der Waals surface area (Å²) in [5.41, 5.74) is 1.86. The van der Waals surface area contributed by atoms with Crippen molar-refractivity contribution >= 4 is 28.8 Å². The summed E-state index contributed by atoms with van der Waals surface area (Å²) in [4.78, 5) is 27.6. The number of amides is 2. The minimum atomic E-state index is -1.81. The zero-order chi connectivity index (χ0) is 21.9. The van der Waals surface area contributed by atoms with Crippen molar-refractivity contribution in [1.82, 2.24) is 10.2 Å². The Morgan fingerprint density at radius 1 is 1.13 bits per heavy atom. The molecule has 2 atom stereocenters. The standard InChI is InChI=1S/C22H31N3O4S/c1-3-4-13-25(15-16-7-9-17(23-2)10-8-16)22(29)20(27)19(26)21(28)24-12-11-18-6-5-14-30-18/h5-10,14,19-20,23,26-27H,3-4,11-13,15H2,1-2H3,(H,24,28). The average molecular weight is 434 g/mol. The molecule has 8 heteroatoms. The number of thiophene rings is 1. The average Bonchev–Trinajstić information content (AvgIpc) is 3.29. The fraction of sp³-hybridized carbons (Fsp3) is 0.455. The molecule has 2 rings (SSSR count). The predicted octanol–water partition coefficient (Wildman–Crippen LogP) is 2.00. The van der Waals surface area contributed by atoms with Crippen LogP contribution in [0.15, 0.2) is 41.8 Å². The highest BCUT2D eigenvalue weighted by Gasteiger charge is 2.33. The molecule has 4 N–H and O–H groups in total. The van der Waals surface area contributed by atoms with Crippen LogP contribution < -0.4 is 10.6 Å². The highest BCUT2D eigenvalue weighted by Crippen LogP contribution is 2.13. The number of hydrogen-bond acceptors (Lipinski definition) is 6. The number of benzene rings is 1. The number of aliphatic hydroxyl groups excluding tert-OH is 2. The van der Waals surface area contributed by atoms with Gasteiger partial charge in [-0.25, -0.2) is 0 Å². The molecule has 1 heterocycles. The van der Waals surface area contributed by atoms with E-state index in [9.17, 15) is 19.8 Å². The maximum absolute atomic E-state index is 12.8. The third kappa shape index (κ3) is 7.12. The van der Waals surface area contributed by atoms with Gasteiger partial charge in [0.05, 0.1) is 0 Å². The van der Waals surface area contributed by atoms with Crippen LogP contribution in [-0.4, -0.2) is 59.3 Å². The molecule has 0 saturated heterocycles. The summed E-state index contributed by atoms with van der Waals surface area (Å²) in [6.45, 7) is 3.07. The SMILES string of the molecule is CCCCN(Cc1ccc(NC)cc1)C(=O)C(O)C(O)C(=O)NCCc1cccs1. The molecule has 0 spiro atoms. The number of unbranched alkanes of at least 4 members (excludes halogenated alkanes) is 1. The van der Waals surface area contributed by atoms with Gasteiger partial charge in [-0.2, -0.15) is 0 Å². The van der Waals surface area contributed by atoms with Gasteiger partial charge in [0.25, 0.3) is 11.8 Å². The molecule has 1 aromatic heterocycles. The quantitative estimate of drug-likeness (QED) is 0.410. The number of carbonyl (C=O) groups is 2. The summed E-state index contributed by atoms with van der Waals surface area (Å²) in [7, 11) is 1.83. The van der Waals surface area contributed by atoms with Gasteiger partial charge in [0.15, 0.2) is 12.2 Å². The number of nitrogens with zero attached hydrogens (tertiary/aromatic N) is 1. The second-order valence-electron chi connectivity index (χ2n) is 7.07. The smallest absolute Gasteiger partial charge is 0.254 e. The molecule has 2 amide bonds. The van der Waals surface area contributed by atoms with Crippen molar-refractivity contribution in [2.24, 2.45) is 0 Å². The monoisotopic (exact) mass is 433 g/mol. The van der Waals surface area contributed by atoms with Gasteiger partial charge in [0.2, 0.25) is 0 Å². The van der Waals surface area contributed by atoms with Gasteiger partial charge in [0.1, 0.15) is 0 Å². The van der Waals surface area contributed by atoms with Gasteiger partial charge in [-0.15, -0.1) is 11.3 Å². The second kappa shape index (κ2) is 12.3. The van der Waals surface area contributed by atoms with E-state index in [2.05, 4.69) is 10.6 Å². The topological polar surface area (TPSA) is 102 Å². The first-order chi connectivity index (χ1) is 14.5. The molecule has 2 unspecified atom stereocenters. The van der Waals surface area contributed by atoms with Crippen LogP contribution in [-0.2, 0) is 22.6 Å². The first kappa shape index (κ1) is 23.9. The number of nitrogens with one attached hydrogen (secondary N) is 2. The third-order valence-electron chi connectivity index (χ3n) is 4.78. The van der Waals surface area contributed by atoms with Crippen molar-refractivity contribution in [3.63, 3.8) is 0 Å². The number of aliphatic hydroxyl groups is 2. The van der Waals surface area contributed by atoms with Crippen molar-refractivity contribution in [3.05, 3.63) is 52.2 Å². The summed E-state index contributed by atoms with van der Waals surface area (Å²) < 4.78 is 0. The third-order valence-corrected chi connectivity index (χ3v) is 5.72. The molecule has 30 heavy (non-hydrogen) atoms. The Balaban J connectivity index is 1.95. The fourth-order valence-corrected chi connectivity index (χ4v) is 3.66. The van der Waals surface area contributed by atoms with E-state index in [4.69, 9.17) is 0 Å². The largest absolute Gasteiger partial charge is 0.388 e. The molecule has 0 aliphatic heterocycles.